The molecular formula is C66H40N2O3. The van der Waals surface area contributed by atoms with Gasteiger partial charge in [0, 0.05) is 71.7 Å². The number of hydrogen-bond donors (Lipinski definition) is 0. The zero-order valence-corrected chi connectivity index (χ0v) is 38.2. The van der Waals surface area contributed by atoms with Crippen molar-refractivity contribution in [1.29, 1.82) is 0 Å². The summed E-state index contributed by atoms with van der Waals surface area (Å²) in [4.78, 5) is 4.66. The highest BCUT2D eigenvalue weighted by molar-refractivity contribution is 6.29. The Balaban J connectivity index is 0.935. The molecule has 0 N–H and O–H groups in total. The van der Waals surface area contributed by atoms with E-state index in [9.17, 15) is 0 Å². The average Bonchev–Trinajstić information content (AvgIpc) is 4.02. The maximum Gasteiger partial charge on any atom is 0.159 e. The lowest BCUT2D eigenvalue weighted by atomic mass is 9.91. The standard InChI is InChI=1S/C66H40N2O3/c1-5-18-41(19-6-1)48-26-13-28-50-52-30-15-33-55(65(52)70-63(48)50)67(45-22-9-3-10-23-45)47-38-43-36-37-44-39-57(54-32-17-35-58-62(54)61(44)60(43)59(40-47)69-58)68(46-24-11-4-12-25-46)56-34-16-31-53-51-29-14-27-49(64(51)71-66(53)56)42-20-7-2-8-21-42/h1-40H. The monoisotopic (exact) mass is 908 g/mol. The number of furan rings is 2. The lowest BCUT2D eigenvalue weighted by Gasteiger charge is -2.30. The van der Waals surface area contributed by atoms with Gasteiger partial charge in [-0.05, 0) is 76.5 Å². The van der Waals surface area contributed by atoms with E-state index in [1.54, 1.807) is 0 Å². The molecule has 332 valence electrons. The summed E-state index contributed by atoms with van der Waals surface area (Å²) >= 11 is 0. The van der Waals surface area contributed by atoms with E-state index in [-0.39, 0.29) is 0 Å². The third kappa shape index (κ3) is 6.00. The molecular weight excluding hydrogens is 869 g/mol. The lowest BCUT2D eigenvalue weighted by molar-refractivity contribution is 0.493. The Kier molecular flexibility index (Phi) is 8.59. The van der Waals surface area contributed by atoms with Gasteiger partial charge in [0.25, 0.3) is 0 Å². The van der Waals surface area contributed by atoms with E-state index in [0.29, 0.717) is 0 Å². The van der Waals surface area contributed by atoms with Crippen LogP contribution in [0.15, 0.2) is 251 Å². The molecule has 0 aliphatic carbocycles. The summed E-state index contributed by atoms with van der Waals surface area (Å²) in [5.74, 6) is 1.62. The molecule has 14 aromatic rings. The summed E-state index contributed by atoms with van der Waals surface area (Å²) in [5.41, 5.74) is 13.7. The predicted octanol–water partition coefficient (Wildman–Crippen LogP) is 19.3. The van der Waals surface area contributed by atoms with E-state index in [0.717, 1.165) is 139 Å². The quantitative estimate of drug-likeness (QED) is 0.142. The number of ether oxygens (including phenoxy) is 1. The number of benzene rings is 12. The second-order valence-electron chi connectivity index (χ2n) is 18.3. The van der Waals surface area contributed by atoms with Crippen LogP contribution in [0.3, 0.4) is 0 Å². The Hall–Kier alpha value is -9.58. The number of para-hydroxylation sites is 6. The number of anilines is 6. The van der Waals surface area contributed by atoms with Gasteiger partial charge in [-0.1, -0.05) is 182 Å². The van der Waals surface area contributed by atoms with Crippen molar-refractivity contribution >= 4 is 110 Å². The van der Waals surface area contributed by atoms with Gasteiger partial charge < -0.3 is 23.4 Å². The highest BCUT2D eigenvalue weighted by Crippen LogP contribution is 2.54. The Morgan fingerprint density at radius 2 is 0.732 bits per heavy atom. The summed E-state index contributed by atoms with van der Waals surface area (Å²) in [7, 11) is 0. The normalized spacial score (nSPS) is 12.1. The van der Waals surface area contributed by atoms with Gasteiger partial charge in [-0.3, -0.25) is 0 Å². The number of fused-ring (bicyclic) bond motifs is 6. The van der Waals surface area contributed by atoms with Crippen LogP contribution in [0.4, 0.5) is 34.1 Å². The molecule has 0 atom stereocenters. The molecule has 0 unspecified atom stereocenters. The van der Waals surface area contributed by atoms with Gasteiger partial charge in [-0.15, -0.1) is 0 Å². The minimum Gasteiger partial charge on any atom is -0.456 e. The fourth-order valence-corrected chi connectivity index (χ4v) is 11.3. The van der Waals surface area contributed by atoms with Gasteiger partial charge >= 0.3 is 0 Å². The van der Waals surface area contributed by atoms with Crippen molar-refractivity contribution in [2.75, 3.05) is 9.80 Å². The SMILES string of the molecule is c1ccc(-c2cccc3c2oc2c(N(c4ccccc4)c4cc5c6c(ccc7cc(N(c8ccccc8)c8cccc9c8oc8c(-c%10ccccc%10)cccc89)c8cccc(c8c76)O5)c4)cccc23)cc1. The zero-order chi connectivity index (χ0) is 46.6. The van der Waals surface area contributed by atoms with Crippen LogP contribution in [0.2, 0.25) is 0 Å². The third-order valence-corrected chi connectivity index (χ3v) is 14.3. The van der Waals surface area contributed by atoms with Crippen molar-refractivity contribution in [3.63, 3.8) is 0 Å². The summed E-state index contributed by atoms with van der Waals surface area (Å²) in [5, 5.41) is 10.9. The Bertz CT molecular complexity index is 4430. The van der Waals surface area contributed by atoms with E-state index >= 15 is 0 Å². The van der Waals surface area contributed by atoms with Crippen molar-refractivity contribution in [3.05, 3.63) is 243 Å². The van der Waals surface area contributed by atoms with Crippen LogP contribution in [-0.2, 0) is 0 Å². The molecule has 0 radical (unpaired) electrons. The molecule has 5 nitrogen and oxygen atoms in total. The van der Waals surface area contributed by atoms with E-state index in [4.69, 9.17) is 13.6 Å². The molecule has 1 aliphatic rings. The highest BCUT2D eigenvalue weighted by Gasteiger charge is 2.29. The third-order valence-electron chi connectivity index (χ3n) is 14.3. The molecule has 0 saturated carbocycles. The van der Waals surface area contributed by atoms with Gasteiger partial charge in [-0.25, -0.2) is 0 Å². The molecule has 0 saturated heterocycles. The molecule has 15 rings (SSSR count). The van der Waals surface area contributed by atoms with Crippen molar-refractivity contribution in [3.8, 4) is 33.8 Å². The van der Waals surface area contributed by atoms with Crippen LogP contribution in [0.1, 0.15) is 0 Å². The number of hydrogen-bond acceptors (Lipinski definition) is 5. The lowest BCUT2D eigenvalue weighted by Crippen LogP contribution is -2.12. The van der Waals surface area contributed by atoms with Crippen molar-refractivity contribution < 1.29 is 13.6 Å². The van der Waals surface area contributed by atoms with Crippen LogP contribution < -0.4 is 14.5 Å². The minimum atomic E-state index is 0.807. The Morgan fingerprint density at radius 1 is 0.268 bits per heavy atom. The zero-order valence-electron chi connectivity index (χ0n) is 38.2. The smallest absolute Gasteiger partial charge is 0.159 e. The first-order chi connectivity index (χ1) is 35.2. The van der Waals surface area contributed by atoms with Crippen LogP contribution in [0, 0.1) is 0 Å². The predicted molar refractivity (Wildman–Crippen MR) is 294 cm³/mol. The molecule has 3 heterocycles. The summed E-state index contributed by atoms with van der Waals surface area (Å²) in [6, 6.07) is 85.7. The number of rotatable bonds is 8. The van der Waals surface area contributed by atoms with E-state index < -0.39 is 0 Å². The van der Waals surface area contributed by atoms with Gasteiger partial charge in [0.15, 0.2) is 11.2 Å². The van der Waals surface area contributed by atoms with E-state index in [2.05, 4.69) is 246 Å². The van der Waals surface area contributed by atoms with Gasteiger partial charge in [0.05, 0.1) is 22.7 Å². The van der Waals surface area contributed by atoms with Crippen molar-refractivity contribution in [2.24, 2.45) is 0 Å². The largest absolute Gasteiger partial charge is 0.456 e. The maximum atomic E-state index is 7.17. The first-order valence-electron chi connectivity index (χ1n) is 24.1. The van der Waals surface area contributed by atoms with Crippen LogP contribution in [0.5, 0.6) is 11.5 Å². The first kappa shape index (κ1) is 39.4. The molecule has 5 heteroatoms. The molecule has 0 spiro atoms. The van der Waals surface area contributed by atoms with Crippen LogP contribution in [0.25, 0.3) is 98.4 Å². The fourth-order valence-electron chi connectivity index (χ4n) is 11.3. The van der Waals surface area contributed by atoms with Gasteiger partial charge in [0.2, 0.25) is 0 Å². The molecule has 71 heavy (non-hydrogen) atoms. The highest BCUT2D eigenvalue weighted by atomic mass is 16.5. The topological polar surface area (TPSA) is 42.0 Å². The summed E-state index contributed by atoms with van der Waals surface area (Å²) in [6.07, 6.45) is 0. The second kappa shape index (κ2) is 15.5. The van der Waals surface area contributed by atoms with Crippen molar-refractivity contribution in [2.45, 2.75) is 0 Å². The first-order valence-corrected chi connectivity index (χ1v) is 24.1. The molecule has 1 aliphatic heterocycles. The molecule has 12 aromatic carbocycles. The van der Waals surface area contributed by atoms with Crippen molar-refractivity contribution in [1.82, 2.24) is 0 Å². The maximum absolute atomic E-state index is 7.17. The van der Waals surface area contributed by atoms with E-state index in [1.165, 1.54) is 5.39 Å². The van der Waals surface area contributed by atoms with E-state index in [1.807, 2.05) is 6.07 Å². The number of nitrogens with zero attached hydrogens (tertiary/aromatic N) is 2. The van der Waals surface area contributed by atoms with Gasteiger partial charge in [0.1, 0.15) is 22.7 Å². The van der Waals surface area contributed by atoms with Crippen LogP contribution >= 0.6 is 0 Å². The molecule has 0 fully saturated rings. The summed E-state index contributed by atoms with van der Waals surface area (Å²) in [6.45, 7) is 0. The fraction of sp³-hybridized carbons (Fsp3) is 0. The Morgan fingerprint density at radius 3 is 1.31 bits per heavy atom. The second-order valence-corrected chi connectivity index (χ2v) is 18.3. The molecule has 2 aromatic heterocycles. The van der Waals surface area contributed by atoms with Crippen LogP contribution in [-0.4, -0.2) is 0 Å². The molecule has 0 amide bonds. The minimum absolute atomic E-state index is 0.807. The molecule has 0 bridgehead atoms. The average molecular weight is 909 g/mol. The summed E-state index contributed by atoms with van der Waals surface area (Å²) < 4.78 is 21.3. The van der Waals surface area contributed by atoms with Gasteiger partial charge in [-0.2, -0.15) is 0 Å². The Labute approximate surface area is 408 Å².